The lowest BCUT2D eigenvalue weighted by Gasteiger charge is -2.17. The standard InChI is InChI=1S/C11H12N2O2S/c1-7-8(11(14)15-2)6-12-10(13-7)9-4-3-5-16-9/h3-5H,6H2,1-2H3,(H,12,13). The van der Waals surface area contributed by atoms with Gasteiger partial charge in [0, 0.05) is 5.70 Å². The number of nitrogens with zero attached hydrogens (tertiary/aromatic N) is 1. The summed E-state index contributed by atoms with van der Waals surface area (Å²) in [4.78, 5) is 16.8. The molecule has 0 fully saturated rings. The number of hydrogen-bond acceptors (Lipinski definition) is 5. The average Bonchev–Trinajstić information content (AvgIpc) is 2.81. The largest absolute Gasteiger partial charge is 0.466 e. The third-order valence-corrected chi connectivity index (χ3v) is 3.22. The second-order valence-electron chi connectivity index (χ2n) is 3.36. The van der Waals surface area contributed by atoms with Crippen LogP contribution in [0.15, 0.2) is 33.8 Å². The highest BCUT2D eigenvalue weighted by atomic mass is 32.1. The number of rotatable bonds is 2. The van der Waals surface area contributed by atoms with Gasteiger partial charge in [0.25, 0.3) is 0 Å². The first-order valence-corrected chi connectivity index (χ1v) is 5.73. The SMILES string of the molecule is COC(=O)C1=C(C)NC(c2cccs2)=NC1. The summed E-state index contributed by atoms with van der Waals surface area (Å²) in [5, 5.41) is 5.12. The number of methoxy groups -OCH3 is 1. The maximum Gasteiger partial charge on any atom is 0.337 e. The van der Waals surface area contributed by atoms with Crippen LogP contribution in [0.5, 0.6) is 0 Å². The van der Waals surface area contributed by atoms with Crippen molar-refractivity contribution in [2.24, 2.45) is 4.99 Å². The molecule has 0 spiro atoms. The summed E-state index contributed by atoms with van der Waals surface area (Å²) in [6.07, 6.45) is 0. The summed E-state index contributed by atoms with van der Waals surface area (Å²) in [5.74, 6) is 0.499. The zero-order valence-corrected chi connectivity index (χ0v) is 9.93. The van der Waals surface area contributed by atoms with Gasteiger partial charge in [-0.15, -0.1) is 11.3 Å². The second kappa shape index (κ2) is 4.49. The maximum atomic E-state index is 11.4. The first-order valence-electron chi connectivity index (χ1n) is 4.86. The van der Waals surface area contributed by atoms with Crippen molar-refractivity contribution in [3.8, 4) is 0 Å². The molecule has 1 N–H and O–H groups in total. The van der Waals surface area contributed by atoms with Gasteiger partial charge in [-0.1, -0.05) is 6.07 Å². The van der Waals surface area contributed by atoms with E-state index in [0.29, 0.717) is 12.1 Å². The van der Waals surface area contributed by atoms with Crippen LogP contribution in [0.4, 0.5) is 0 Å². The molecule has 0 unspecified atom stereocenters. The lowest BCUT2D eigenvalue weighted by Crippen LogP contribution is -2.30. The number of aliphatic imine (C=N–C) groups is 1. The van der Waals surface area contributed by atoms with Crippen LogP contribution in [0.25, 0.3) is 0 Å². The number of carbonyl (C=O) groups excluding carboxylic acids is 1. The Bertz CT molecular complexity index is 460. The van der Waals surface area contributed by atoms with Crippen LogP contribution in [-0.4, -0.2) is 25.5 Å². The summed E-state index contributed by atoms with van der Waals surface area (Å²) in [6.45, 7) is 2.23. The number of ether oxygens (including phenoxy) is 1. The van der Waals surface area contributed by atoms with E-state index in [9.17, 15) is 4.79 Å². The Hall–Kier alpha value is -1.62. The van der Waals surface area contributed by atoms with E-state index >= 15 is 0 Å². The lowest BCUT2D eigenvalue weighted by atomic mass is 10.2. The Kier molecular flexibility index (Phi) is 3.05. The van der Waals surface area contributed by atoms with E-state index in [1.54, 1.807) is 11.3 Å². The predicted molar refractivity (Wildman–Crippen MR) is 63.6 cm³/mol. The Morgan fingerprint density at radius 3 is 3.00 bits per heavy atom. The first kappa shape index (κ1) is 10.9. The van der Waals surface area contributed by atoms with Gasteiger partial charge in [-0.05, 0) is 18.4 Å². The molecule has 1 aliphatic heterocycles. The zero-order chi connectivity index (χ0) is 11.5. The minimum Gasteiger partial charge on any atom is -0.466 e. The van der Waals surface area contributed by atoms with E-state index in [-0.39, 0.29) is 5.97 Å². The van der Waals surface area contributed by atoms with Crippen molar-refractivity contribution in [2.75, 3.05) is 13.7 Å². The van der Waals surface area contributed by atoms with Crippen molar-refractivity contribution < 1.29 is 9.53 Å². The third-order valence-electron chi connectivity index (χ3n) is 2.34. The van der Waals surface area contributed by atoms with Crippen LogP contribution in [0.1, 0.15) is 11.8 Å². The molecule has 0 amide bonds. The molecule has 5 heteroatoms. The van der Waals surface area contributed by atoms with Crippen molar-refractivity contribution in [3.63, 3.8) is 0 Å². The molecule has 0 atom stereocenters. The summed E-state index contributed by atoms with van der Waals surface area (Å²) in [5.41, 5.74) is 1.40. The van der Waals surface area contributed by atoms with Crippen LogP contribution in [0.2, 0.25) is 0 Å². The number of allylic oxidation sites excluding steroid dienone is 1. The van der Waals surface area contributed by atoms with Crippen molar-refractivity contribution in [1.29, 1.82) is 0 Å². The van der Waals surface area contributed by atoms with Gasteiger partial charge in [0.05, 0.1) is 24.1 Å². The fourth-order valence-corrected chi connectivity index (χ4v) is 2.15. The van der Waals surface area contributed by atoms with E-state index in [1.165, 1.54) is 7.11 Å². The van der Waals surface area contributed by atoms with E-state index in [0.717, 1.165) is 16.4 Å². The van der Waals surface area contributed by atoms with Crippen molar-refractivity contribution in [1.82, 2.24) is 5.32 Å². The molecule has 0 saturated carbocycles. The number of hydrogen-bond donors (Lipinski definition) is 1. The van der Waals surface area contributed by atoms with Crippen LogP contribution in [0.3, 0.4) is 0 Å². The molecule has 1 aromatic rings. The highest BCUT2D eigenvalue weighted by Gasteiger charge is 2.19. The van der Waals surface area contributed by atoms with Crippen LogP contribution >= 0.6 is 11.3 Å². The predicted octanol–water partition coefficient (Wildman–Crippen LogP) is 1.54. The van der Waals surface area contributed by atoms with Crippen LogP contribution < -0.4 is 5.32 Å². The highest BCUT2D eigenvalue weighted by molar-refractivity contribution is 7.12. The molecular formula is C11H12N2O2S. The average molecular weight is 236 g/mol. The molecule has 0 aliphatic carbocycles. The molecule has 0 radical (unpaired) electrons. The molecule has 1 aromatic heterocycles. The van der Waals surface area contributed by atoms with Gasteiger partial charge in [-0.3, -0.25) is 4.99 Å². The van der Waals surface area contributed by atoms with Crippen molar-refractivity contribution in [2.45, 2.75) is 6.92 Å². The zero-order valence-electron chi connectivity index (χ0n) is 9.11. The first-order chi connectivity index (χ1) is 7.72. The number of esters is 1. The van der Waals surface area contributed by atoms with Gasteiger partial charge >= 0.3 is 5.97 Å². The fourth-order valence-electron chi connectivity index (χ4n) is 1.46. The molecule has 16 heavy (non-hydrogen) atoms. The summed E-state index contributed by atoms with van der Waals surface area (Å²) in [6, 6.07) is 3.96. The molecule has 2 heterocycles. The number of thiophene rings is 1. The molecule has 1 aliphatic rings. The highest BCUT2D eigenvalue weighted by Crippen LogP contribution is 2.15. The van der Waals surface area contributed by atoms with Crippen LogP contribution in [0, 0.1) is 0 Å². The van der Waals surface area contributed by atoms with Gasteiger partial charge in [0.2, 0.25) is 0 Å². The maximum absolute atomic E-state index is 11.4. The number of amidine groups is 1. The van der Waals surface area contributed by atoms with Gasteiger partial charge in [0.15, 0.2) is 0 Å². The molecular weight excluding hydrogens is 224 g/mol. The minimum atomic E-state index is -0.320. The number of carbonyl (C=O) groups is 1. The van der Waals surface area contributed by atoms with E-state index in [4.69, 9.17) is 0 Å². The molecule has 0 bridgehead atoms. The molecule has 0 saturated heterocycles. The Labute approximate surface area is 97.7 Å². The Morgan fingerprint density at radius 2 is 2.44 bits per heavy atom. The smallest absolute Gasteiger partial charge is 0.337 e. The van der Waals surface area contributed by atoms with Crippen molar-refractivity contribution >= 4 is 23.1 Å². The van der Waals surface area contributed by atoms with Gasteiger partial charge < -0.3 is 10.1 Å². The molecule has 0 aromatic carbocycles. The van der Waals surface area contributed by atoms with E-state index in [2.05, 4.69) is 15.0 Å². The lowest BCUT2D eigenvalue weighted by molar-refractivity contribution is -0.136. The minimum absolute atomic E-state index is 0.320. The number of nitrogens with one attached hydrogen (secondary N) is 1. The van der Waals surface area contributed by atoms with E-state index < -0.39 is 0 Å². The third kappa shape index (κ3) is 1.99. The molecule has 84 valence electrons. The van der Waals surface area contributed by atoms with Gasteiger partial charge in [-0.25, -0.2) is 4.79 Å². The van der Waals surface area contributed by atoms with Gasteiger partial charge in [0.1, 0.15) is 5.84 Å². The topological polar surface area (TPSA) is 50.7 Å². The summed E-state index contributed by atoms with van der Waals surface area (Å²) < 4.78 is 4.68. The molecule has 2 rings (SSSR count). The van der Waals surface area contributed by atoms with E-state index in [1.807, 2.05) is 24.4 Å². The summed E-state index contributed by atoms with van der Waals surface area (Å²) >= 11 is 1.61. The monoisotopic (exact) mass is 236 g/mol. The van der Waals surface area contributed by atoms with Crippen molar-refractivity contribution in [3.05, 3.63) is 33.7 Å². The molecule has 4 nitrogen and oxygen atoms in total. The fraction of sp³-hybridized carbons (Fsp3) is 0.273. The van der Waals surface area contributed by atoms with Crippen LogP contribution in [-0.2, 0) is 9.53 Å². The Morgan fingerprint density at radius 1 is 1.62 bits per heavy atom. The Balaban J connectivity index is 2.18. The summed E-state index contributed by atoms with van der Waals surface area (Å²) in [7, 11) is 1.38. The second-order valence-corrected chi connectivity index (χ2v) is 4.31. The normalized spacial score (nSPS) is 15.5. The quantitative estimate of drug-likeness (QED) is 0.792. The van der Waals surface area contributed by atoms with Gasteiger partial charge in [-0.2, -0.15) is 0 Å².